The molecule has 2 aliphatic heterocycles. The summed E-state index contributed by atoms with van der Waals surface area (Å²) in [6.07, 6.45) is 8.03. The van der Waals surface area contributed by atoms with Gasteiger partial charge >= 0.3 is 0 Å². The molecule has 0 spiro atoms. The maximum absolute atomic E-state index is 12.8. The van der Waals surface area contributed by atoms with Gasteiger partial charge in [-0.05, 0) is 55.1 Å². The van der Waals surface area contributed by atoms with Gasteiger partial charge in [0.15, 0.2) is 5.78 Å². The molecule has 5 heteroatoms. The fourth-order valence-corrected chi connectivity index (χ4v) is 4.63. The van der Waals surface area contributed by atoms with Crippen LogP contribution in [0.15, 0.2) is 54.6 Å². The summed E-state index contributed by atoms with van der Waals surface area (Å²) in [7, 11) is 0. The second-order valence-corrected chi connectivity index (χ2v) is 9.00. The Morgan fingerprint density at radius 2 is 1.70 bits per heavy atom. The van der Waals surface area contributed by atoms with E-state index in [0.29, 0.717) is 12.8 Å². The molecule has 0 aliphatic carbocycles. The minimum atomic E-state index is 0.0796. The minimum Gasteiger partial charge on any atom is -0.340 e. The number of carbonyl (C=O) groups is 2. The standard InChI is InChI=1S/C28H35N3O2/c32-27(26-11-10-24-14-16-29-15-4-9-25(24)22-26)12-13-28(33)31-20-18-30(19-21-31)17-5-8-23-6-2-1-3-7-23/h1-3,5-8,10-11,22,29H,4,9,12-21H2/b8-5+. The first kappa shape index (κ1) is 23.4. The van der Waals surface area contributed by atoms with Crippen LogP contribution in [0.2, 0.25) is 0 Å². The Morgan fingerprint density at radius 3 is 2.52 bits per heavy atom. The van der Waals surface area contributed by atoms with Crippen molar-refractivity contribution < 1.29 is 9.59 Å². The number of piperazine rings is 1. The first-order valence-corrected chi connectivity index (χ1v) is 12.3. The Hall–Kier alpha value is -2.76. The maximum Gasteiger partial charge on any atom is 0.223 e. The molecule has 2 aliphatic rings. The Labute approximate surface area is 197 Å². The predicted octanol–water partition coefficient (Wildman–Crippen LogP) is 3.59. The highest BCUT2D eigenvalue weighted by molar-refractivity contribution is 5.98. The molecule has 2 heterocycles. The van der Waals surface area contributed by atoms with Crippen LogP contribution in [-0.2, 0) is 17.6 Å². The number of nitrogens with one attached hydrogen (secondary N) is 1. The topological polar surface area (TPSA) is 52.7 Å². The smallest absolute Gasteiger partial charge is 0.223 e. The molecule has 5 nitrogen and oxygen atoms in total. The molecule has 1 amide bonds. The van der Waals surface area contributed by atoms with Crippen molar-refractivity contribution in [2.24, 2.45) is 0 Å². The molecule has 2 aromatic carbocycles. The van der Waals surface area contributed by atoms with Crippen LogP contribution in [0.1, 0.15) is 46.3 Å². The van der Waals surface area contributed by atoms with E-state index < -0.39 is 0 Å². The van der Waals surface area contributed by atoms with Gasteiger partial charge in [0.1, 0.15) is 0 Å². The molecule has 0 bridgehead atoms. The molecule has 0 unspecified atom stereocenters. The van der Waals surface area contributed by atoms with Crippen molar-refractivity contribution in [1.82, 2.24) is 15.1 Å². The highest BCUT2D eigenvalue weighted by atomic mass is 16.2. The Morgan fingerprint density at radius 1 is 0.879 bits per heavy atom. The summed E-state index contributed by atoms with van der Waals surface area (Å²) < 4.78 is 0. The van der Waals surface area contributed by atoms with E-state index in [1.807, 2.05) is 29.2 Å². The van der Waals surface area contributed by atoms with Gasteiger partial charge in [-0.25, -0.2) is 0 Å². The third kappa shape index (κ3) is 6.86. The van der Waals surface area contributed by atoms with Crippen LogP contribution in [0.5, 0.6) is 0 Å². The van der Waals surface area contributed by atoms with Gasteiger partial charge in [-0.1, -0.05) is 54.6 Å². The fraction of sp³-hybridized carbons (Fsp3) is 0.429. The number of rotatable bonds is 7. The van der Waals surface area contributed by atoms with Crippen molar-refractivity contribution in [3.8, 4) is 0 Å². The van der Waals surface area contributed by atoms with Crippen LogP contribution in [0, 0.1) is 0 Å². The number of Topliss-reactive ketones (excluding diaryl/α,β-unsaturated/α-hetero) is 1. The summed E-state index contributed by atoms with van der Waals surface area (Å²) >= 11 is 0. The molecular weight excluding hydrogens is 410 g/mol. The fourth-order valence-electron chi connectivity index (χ4n) is 4.63. The average Bonchev–Trinajstić information content (AvgIpc) is 2.84. The lowest BCUT2D eigenvalue weighted by Crippen LogP contribution is -2.48. The number of ketones is 1. The summed E-state index contributed by atoms with van der Waals surface area (Å²) in [5.41, 5.74) is 4.60. The van der Waals surface area contributed by atoms with E-state index in [-0.39, 0.29) is 11.7 Å². The lowest BCUT2D eigenvalue weighted by Gasteiger charge is -2.34. The van der Waals surface area contributed by atoms with Crippen LogP contribution < -0.4 is 5.32 Å². The molecule has 174 valence electrons. The molecular formula is C28H35N3O2. The molecule has 1 N–H and O–H groups in total. The number of nitrogens with zero attached hydrogens (tertiary/aromatic N) is 2. The van der Waals surface area contributed by atoms with Gasteiger partial charge in [-0.2, -0.15) is 0 Å². The number of amides is 1. The Balaban J connectivity index is 1.20. The summed E-state index contributed by atoms with van der Waals surface area (Å²) in [6.45, 7) is 6.13. The Bertz CT molecular complexity index is 962. The normalized spacial score (nSPS) is 17.4. The van der Waals surface area contributed by atoms with Crippen molar-refractivity contribution >= 4 is 17.8 Å². The zero-order valence-corrected chi connectivity index (χ0v) is 19.5. The van der Waals surface area contributed by atoms with Gasteiger partial charge < -0.3 is 10.2 Å². The van der Waals surface area contributed by atoms with Gasteiger partial charge in [0.05, 0.1) is 0 Å². The van der Waals surface area contributed by atoms with Crippen LogP contribution >= 0.6 is 0 Å². The van der Waals surface area contributed by atoms with Gasteiger partial charge in [0.25, 0.3) is 0 Å². The molecule has 0 atom stereocenters. The number of hydrogen-bond donors (Lipinski definition) is 1. The van der Waals surface area contributed by atoms with Crippen molar-refractivity contribution in [3.05, 3.63) is 76.9 Å². The lowest BCUT2D eigenvalue weighted by molar-refractivity contribution is -0.132. The molecule has 1 saturated heterocycles. The minimum absolute atomic E-state index is 0.0796. The van der Waals surface area contributed by atoms with E-state index in [0.717, 1.165) is 70.6 Å². The van der Waals surface area contributed by atoms with Crippen LogP contribution in [-0.4, -0.2) is 67.3 Å². The van der Waals surface area contributed by atoms with E-state index in [4.69, 9.17) is 0 Å². The second-order valence-electron chi connectivity index (χ2n) is 9.00. The molecule has 4 rings (SSSR count). The van der Waals surface area contributed by atoms with Crippen molar-refractivity contribution in [2.45, 2.75) is 32.1 Å². The second kappa shape index (κ2) is 11.9. The number of fused-ring (bicyclic) bond motifs is 1. The zero-order chi connectivity index (χ0) is 22.9. The largest absolute Gasteiger partial charge is 0.340 e. The van der Waals surface area contributed by atoms with Crippen molar-refractivity contribution in [3.63, 3.8) is 0 Å². The summed E-state index contributed by atoms with van der Waals surface area (Å²) in [5.74, 6) is 0.177. The monoisotopic (exact) mass is 445 g/mol. The molecule has 1 fully saturated rings. The first-order chi connectivity index (χ1) is 16.2. The number of aryl methyl sites for hydroxylation is 1. The van der Waals surface area contributed by atoms with Gasteiger partial charge in [0.2, 0.25) is 5.91 Å². The van der Waals surface area contributed by atoms with E-state index in [1.165, 1.54) is 16.7 Å². The van der Waals surface area contributed by atoms with E-state index in [9.17, 15) is 9.59 Å². The number of benzene rings is 2. The highest BCUT2D eigenvalue weighted by Crippen LogP contribution is 2.18. The number of carbonyl (C=O) groups excluding carboxylic acids is 2. The quantitative estimate of drug-likeness (QED) is 0.662. The van der Waals surface area contributed by atoms with E-state index in [2.05, 4.69) is 46.6 Å². The van der Waals surface area contributed by atoms with Crippen LogP contribution in [0.4, 0.5) is 0 Å². The van der Waals surface area contributed by atoms with Crippen molar-refractivity contribution in [1.29, 1.82) is 0 Å². The predicted molar refractivity (Wildman–Crippen MR) is 133 cm³/mol. The number of hydrogen-bond acceptors (Lipinski definition) is 4. The third-order valence-electron chi connectivity index (χ3n) is 6.66. The van der Waals surface area contributed by atoms with Gasteiger partial charge in [0, 0.05) is 51.1 Å². The van der Waals surface area contributed by atoms with E-state index in [1.54, 1.807) is 0 Å². The third-order valence-corrected chi connectivity index (χ3v) is 6.66. The Kier molecular flexibility index (Phi) is 8.45. The molecule has 0 radical (unpaired) electrons. The first-order valence-electron chi connectivity index (χ1n) is 12.3. The van der Waals surface area contributed by atoms with Gasteiger partial charge in [-0.15, -0.1) is 0 Å². The molecule has 2 aromatic rings. The summed E-state index contributed by atoms with van der Waals surface area (Å²) in [5, 5.41) is 3.43. The molecule has 0 aromatic heterocycles. The zero-order valence-electron chi connectivity index (χ0n) is 19.5. The van der Waals surface area contributed by atoms with E-state index >= 15 is 0 Å². The molecule has 33 heavy (non-hydrogen) atoms. The van der Waals surface area contributed by atoms with Crippen molar-refractivity contribution in [2.75, 3.05) is 45.8 Å². The summed E-state index contributed by atoms with van der Waals surface area (Å²) in [6, 6.07) is 16.4. The van der Waals surface area contributed by atoms with Crippen LogP contribution in [0.3, 0.4) is 0 Å². The summed E-state index contributed by atoms with van der Waals surface area (Å²) in [4.78, 5) is 29.7. The highest BCUT2D eigenvalue weighted by Gasteiger charge is 2.21. The maximum atomic E-state index is 12.8. The molecule has 0 saturated carbocycles. The van der Waals surface area contributed by atoms with Crippen LogP contribution in [0.25, 0.3) is 6.08 Å². The SMILES string of the molecule is O=C(CCC(=O)N1CCN(C/C=C/c2ccccc2)CC1)c1ccc2c(c1)CCCNCC2. The lowest BCUT2D eigenvalue weighted by atomic mass is 9.94. The van der Waals surface area contributed by atoms with Gasteiger partial charge in [-0.3, -0.25) is 14.5 Å². The average molecular weight is 446 g/mol.